The van der Waals surface area contributed by atoms with Crippen LogP contribution >= 0.6 is 11.6 Å². The Kier molecular flexibility index (Phi) is 4.49. The van der Waals surface area contributed by atoms with Crippen LogP contribution in [0.4, 0.5) is 0 Å². The molecule has 92 valence electrons. The predicted octanol–water partition coefficient (Wildman–Crippen LogP) is 4.64. The number of ether oxygens (including phenoxy) is 1. The SMILES string of the molecule is CCc1ccc(OC[C@@H]2C=CCCC2)c(Cl)c1. The van der Waals surface area contributed by atoms with E-state index in [9.17, 15) is 0 Å². The molecule has 0 saturated heterocycles. The van der Waals surface area contributed by atoms with Crippen LogP contribution in [0.2, 0.25) is 5.02 Å². The lowest BCUT2D eigenvalue weighted by Gasteiger charge is -2.17. The summed E-state index contributed by atoms with van der Waals surface area (Å²) in [6.07, 6.45) is 9.22. The molecule has 0 fully saturated rings. The largest absolute Gasteiger partial charge is 0.491 e. The first-order chi connectivity index (χ1) is 8.29. The van der Waals surface area contributed by atoms with Crippen molar-refractivity contribution < 1.29 is 4.74 Å². The Labute approximate surface area is 108 Å². The molecule has 0 heterocycles. The van der Waals surface area contributed by atoms with Gasteiger partial charge < -0.3 is 4.74 Å². The van der Waals surface area contributed by atoms with Crippen molar-refractivity contribution in [2.24, 2.45) is 5.92 Å². The average Bonchev–Trinajstić information content (AvgIpc) is 2.38. The number of aryl methyl sites for hydroxylation is 1. The summed E-state index contributed by atoms with van der Waals surface area (Å²) in [5, 5.41) is 0.726. The Morgan fingerprint density at radius 2 is 2.29 bits per heavy atom. The van der Waals surface area contributed by atoms with Gasteiger partial charge in [-0.05, 0) is 43.4 Å². The van der Waals surface area contributed by atoms with Gasteiger partial charge in [-0.25, -0.2) is 0 Å². The van der Waals surface area contributed by atoms with Crippen molar-refractivity contribution in [1.29, 1.82) is 0 Å². The van der Waals surface area contributed by atoms with Gasteiger partial charge in [0.15, 0.2) is 0 Å². The third-order valence-electron chi connectivity index (χ3n) is 3.21. The van der Waals surface area contributed by atoms with E-state index in [0.29, 0.717) is 5.92 Å². The third kappa shape index (κ3) is 3.50. The first-order valence-corrected chi connectivity index (χ1v) is 6.75. The molecule has 0 bridgehead atoms. The quantitative estimate of drug-likeness (QED) is 0.708. The Balaban J connectivity index is 1.94. The van der Waals surface area contributed by atoms with Gasteiger partial charge in [0.25, 0.3) is 0 Å². The first-order valence-electron chi connectivity index (χ1n) is 6.37. The minimum atomic E-state index is 0.547. The van der Waals surface area contributed by atoms with E-state index in [1.54, 1.807) is 0 Å². The molecule has 1 nitrogen and oxygen atoms in total. The van der Waals surface area contributed by atoms with Crippen molar-refractivity contribution in [1.82, 2.24) is 0 Å². The summed E-state index contributed by atoms with van der Waals surface area (Å²) in [7, 11) is 0. The molecule has 0 saturated carbocycles. The molecule has 1 aliphatic rings. The second kappa shape index (κ2) is 6.11. The lowest BCUT2D eigenvalue weighted by molar-refractivity contribution is 0.263. The maximum absolute atomic E-state index is 6.18. The van der Waals surface area contributed by atoms with Crippen molar-refractivity contribution in [3.63, 3.8) is 0 Å². The fraction of sp³-hybridized carbons (Fsp3) is 0.467. The highest BCUT2D eigenvalue weighted by Gasteiger charge is 2.10. The molecule has 0 aromatic heterocycles. The number of allylic oxidation sites excluding steroid dienone is 1. The van der Waals surface area contributed by atoms with Gasteiger partial charge in [-0.3, -0.25) is 0 Å². The highest BCUT2D eigenvalue weighted by Crippen LogP contribution is 2.27. The molecular formula is C15H19ClO. The van der Waals surface area contributed by atoms with Crippen molar-refractivity contribution >= 4 is 11.6 Å². The van der Waals surface area contributed by atoms with E-state index in [1.807, 2.05) is 12.1 Å². The van der Waals surface area contributed by atoms with E-state index >= 15 is 0 Å². The molecular weight excluding hydrogens is 232 g/mol. The van der Waals surface area contributed by atoms with Gasteiger partial charge in [-0.1, -0.05) is 36.7 Å². The second-order valence-electron chi connectivity index (χ2n) is 4.55. The van der Waals surface area contributed by atoms with Crippen molar-refractivity contribution in [3.05, 3.63) is 40.9 Å². The van der Waals surface area contributed by atoms with Crippen molar-refractivity contribution in [2.75, 3.05) is 6.61 Å². The maximum atomic E-state index is 6.18. The Bertz CT molecular complexity index is 398. The second-order valence-corrected chi connectivity index (χ2v) is 4.96. The number of hydrogen-bond acceptors (Lipinski definition) is 1. The van der Waals surface area contributed by atoms with Gasteiger partial charge in [0.1, 0.15) is 5.75 Å². The number of halogens is 1. The lowest BCUT2D eigenvalue weighted by Crippen LogP contribution is -2.12. The average molecular weight is 251 g/mol. The molecule has 2 heteroatoms. The molecule has 0 N–H and O–H groups in total. The lowest BCUT2D eigenvalue weighted by atomic mass is 9.97. The molecule has 2 rings (SSSR count). The van der Waals surface area contributed by atoms with E-state index in [0.717, 1.165) is 23.8 Å². The van der Waals surface area contributed by atoms with E-state index in [-0.39, 0.29) is 0 Å². The smallest absolute Gasteiger partial charge is 0.137 e. The first kappa shape index (κ1) is 12.5. The van der Waals surface area contributed by atoms with Crippen molar-refractivity contribution in [2.45, 2.75) is 32.6 Å². The highest BCUT2D eigenvalue weighted by molar-refractivity contribution is 6.32. The summed E-state index contributed by atoms with van der Waals surface area (Å²) in [4.78, 5) is 0. The predicted molar refractivity (Wildman–Crippen MR) is 72.8 cm³/mol. The van der Waals surface area contributed by atoms with Crippen LogP contribution in [0.15, 0.2) is 30.4 Å². The normalized spacial score (nSPS) is 19.3. The molecule has 1 aromatic rings. The van der Waals surface area contributed by atoms with E-state index < -0.39 is 0 Å². The van der Waals surface area contributed by atoms with Crippen LogP contribution < -0.4 is 4.74 Å². The van der Waals surface area contributed by atoms with Crippen LogP contribution in [0.5, 0.6) is 5.75 Å². The van der Waals surface area contributed by atoms with Crippen LogP contribution in [-0.2, 0) is 6.42 Å². The fourth-order valence-electron chi connectivity index (χ4n) is 2.10. The fourth-order valence-corrected chi connectivity index (χ4v) is 2.36. The van der Waals surface area contributed by atoms with Gasteiger partial charge in [0.05, 0.1) is 11.6 Å². The van der Waals surface area contributed by atoms with Gasteiger partial charge in [0, 0.05) is 5.92 Å². The molecule has 17 heavy (non-hydrogen) atoms. The maximum Gasteiger partial charge on any atom is 0.137 e. The van der Waals surface area contributed by atoms with E-state index in [4.69, 9.17) is 16.3 Å². The van der Waals surface area contributed by atoms with E-state index in [1.165, 1.54) is 24.8 Å². The molecule has 0 unspecified atom stereocenters. The van der Waals surface area contributed by atoms with Crippen LogP contribution in [0.3, 0.4) is 0 Å². The zero-order valence-corrected chi connectivity index (χ0v) is 11.0. The van der Waals surface area contributed by atoms with Crippen LogP contribution in [0, 0.1) is 5.92 Å². The van der Waals surface area contributed by atoms with Gasteiger partial charge >= 0.3 is 0 Å². The summed E-state index contributed by atoms with van der Waals surface area (Å²) >= 11 is 6.18. The summed E-state index contributed by atoms with van der Waals surface area (Å²) in [6, 6.07) is 6.05. The van der Waals surface area contributed by atoms with Crippen LogP contribution in [-0.4, -0.2) is 6.61 Å². The Morgan fingerprint density at radius 3 is 2.94 bits per heavy atom. The molecule has 0 spiro atoms. The zero-order valence-electron chi connectivity index (χ0n) is 10.3. The summed E-state index contributed by atoms with van der Waals surface area (Å²) in [6.45, 7) is 2.86. The van der Waals surface area contributed by atoms with Crippen molar-refractivity contribution in [3.8, 4) is 5.75 Å². The molecule has 0 radical (unpaired) electrons. The van der Waals surface area contributed by atoms with Crippen LogP contribution in [0.1, 0.15) is 31.7 Å². The monoisotopic (exact) mass is 250 g/mol. The minimum absolute atomic E-state index is 0.547. The molecule has 0 amide bonds. The van der Waals surface area contributed by atoms with Crippen LogP contribution in [0.25, 0.3) is 0 Å². The summed E-state index contributed by atoms with van der Waals surface area (Å²) < 4.78 is 5.79. The third-order valence-corrected chi connectivity index (χ3v) is 3.51. The zero-order chi connectivity index (χ0) is 12.1. The van der Waals surface area contributed by atoms with Gasteiger partial charge in [0.2, 0.25) is 0 Å². The highest BCUT2D eigenvalue weighted by atomic mass is 35.5. The molecule has 0 aliphatic heterocycles. The summed E-state index contributed by atoms with van der Waals surface area (Å²) in [5.74, 6) is 1.36. The number of benzene rings is 1. The topological polar surface area (TPSA) is 9.23 Å². The van der Waals surface area contributed by atoms with Gasteiger partial charge in [-0.2, -0.15) is 0 Å². The van der Waals surface area contributed by atoms with Gasteiger partial charge in [-0.15, -0.1) is 0 Å². The summed E-state index contributed by atoms with van der Waals surface area (Å²) in [5.41, 5.74) is 1.25. The molecule has 1 atom stereocenters. The number of hydrogen-bond donors (Lipinski definition) is 0. The molecule has 1 aliphatic carbocycles. The Morgan fingerprint density at radius 1 is 1.41 bits per heavy atom. The number of rotatable bonds is 4. The minimum Gasteiger partial charge on any atom is -0.491 e. The standard InChI is InChI=1S/C15H19ClO/c1-2-12-8-9-15(14(16)10-12)17-11-13-6-4-3-5-7-13/h4,6,8-10,13H,2-3,5,7,11H2,1H3/t13-/m1/s1. The molecule has 1 aromatic carbocycles. The Hall–Kier alpha value is -0.950. The van der Waals surface area contributed by atoms with E-state index in [2.05, 4.69) is 25.1 Å².